The molecule has 0 atom stereocenters. The van der Waals surface area contributed by atoms with Crippen molar-refractivity contribution in [2.24, 2.45) is 0 Å². The lowest BCUT2D eigenvalue weighted by molar-refractivity contribution is 0.570. The van der Waals surface area contributed by atoms with E-state index < -0.39 is 30.5 Å². The van der Waals surface area contributed by atoms with Gasteiger partial charge in [0.25, 0.3) is 0 Å². The normalized spacial score (nSPS) is 12.9. The molecule has 0 aliphatic heterocycles. The van der Waals surface area contributed by atoms with Crippen LogP contribution in [0.25, 0.3) is 0 Å². The van der Waals surface area contributed by atoms with Crippen molar-refractivity contribution in [1.29, 1.82) is 0 Å². The number of pyridine rings is 1. The van der Waals surface area contributed by atoms with Crippen LogP contribution < -0.4 is 9.44 Å². The van der Waals surface area contributed by atoms with Gasteiger partial charge in [-0.15, -0.1) is 0 Å². The fourth-order valence-electron chi connectivity index (χ4n) is 1.74. The first-order valence-corrected chi connectivity index (χ1v) is 11.0. The van der Waals surface area contributed by atoms with Crippen LogP contribution in [0.4, 0.5) is 0 Å². The first-order valence-electron chi connectivity index (χ1n) is 7.95. The van der Waals surface area contributed by atoms with E-state index in [0.717, 1.165) is 11.3 Å². The van der Waals surface area contributed by atoms with Crippen molar-refractivity contribution < 1.29 is 16.8 Å². The van der Waals surface area contributed by atoms with E-state index in [2.05, 4.69) is 14.4 Å². The highest BCUT2D eigenvalue weighted by Gasteiger charge is 2.15. The summed E-state index contributed by atoms with van der Waals surface area (Å²) < 4.78 is 51.6. The maximum absolute atomic E-state index is 11.6. The van der Waals surface area contributed by atoms with E-state index in [0.29, 0.717) is 25.9 Å². The Morgan fingerprint density at radius 3 is 1.79 bits per heavy atom. The molecule has 24 heavy (non-hydrogen) atoms. The molecule has 138 valence electrons. The van der Waals surface area contributed by atoms with Crippen LogP contribution >= 0.6 is 0 Å². The first-order chi connectivity index (χ1) is 11.0. The SMILES string of the molecule is CC(C)S(=O)(=O)NCCc1ccc(CCNS(=O)(=O)C(C)C)nc1. The van der Waals surface area contributed by atoms with E-state index >= 15 is 0 Å². The van der Waals surface area contributed by atoms with Crippen molar-refractivity contribution in [3.8, 4) is 0 Å². The molecule has 0 spiro atoms. The minimum absolute atomic E-state index is 0.307. The Kier molecular flexibility index (Phi) is 7.78. The van der Waals surface area contributed by atoms with Gasteiger partial charge in [-0.05, 0) is 45.7 Å². The van der Waals surface area contributed by atoms with E-state index in [1.165, 1.54) is 0 Å². The van der Waals surface area contributed by atoms with Gasteiger partial charge in [-0.2, -0.15) is 0 Å². The molecule has 0 aliphatic rings. The topological polar surface area (TPSA) is 105 Å². The maximum atomic E-state index is 11.6. The molecule has 0 aromatic carbocycles. The molecule has 0 radical (unpaired) electrons. The number of hydrogen-bond donors (Lipinski definition) is 2. The van der Waals surface area contributed by atoms with Crippen LogP contribution in [0.5, 0.6) is 0 Å². The smallest absolute Gasteiger partial charge is 0.213 e. The van der Waals surface area contributed by atoms with Crippen molar-refractivity contribution in [3.05, 3.63) is 29.6 Å². The maximum Gasteiger partial charge on any atom is 0.213 e. The van der Waals surface area contributed by atoms with E-state index in [4.69, 9.17) is 0 Å². The molecule has 0 saturated carbocycles. The highest BCUT2D eigenvalue weighted by Crippen LogP contribution is 2.03. The lowest BCUT2D eigenvalue weighted by Gasteiger charge is -2.10. The van der Waals surface area contributed by atoms with Gasteiger partial charge in [0.05, 0.1) is 10.5 Å². The Labute approximate surface area is 145 Å². The van der Waals surface area contributed by atoms with Gasteiger partial charge < -0.3 is 0 Å². The van der Waals surface area contributed by atoms with Gasteiger partial charge in [-0.1, -0.05) is 6.07 Å². The minimum atomic E-state index is -3.25. The number of sulfonamides is 2. The summed E-state index contributed by atoms with van der Waals surface area (Å²) in [6.45, 7) is 7.15. The molecule has 0 aliphatic carbocycles. The molecular formula is C15H27N3O4S2. The molecule has 1 rings (SSSR count). The van der Waals surface area contributed by atoms with Crippen molar-refractivity contribution >= 4 is 20.0 Å². The molecule has 0 saturated heterocycles. The van der Waals surface area contributed by atoms with Crippen molar-refractivity contribution in [1.82, 2.24) is 14.4 Å². The lowest BCUT2D eigenvalue weighted by atomic mass is 10.2. The molecule has 0 fully saturated rings. The van der Waals surface area contributed by atoms with Crippen LogP contribution in [0.3, 0.4) is 0 Å². The van der Waals surface area contributed by atoms with E-state index in [1.54, 1.807) is 33.9 Å². The second-order valence-corrected chi connectivity index (χ2v) is 10.8. The molecule has 1 aromatic heterocycles. The van der Waals surface area contributed by atoms with Crippen LogP contribution in [0.2, 0.25) is 0 Å². The second-order valence-electron chi connectivity index (χ2n) is 6.13. The summed E-state index contributed by atoms with van der Waals surface area (Å²) in [6.07, 6.45) is 2.75. The Bertz CT molecular complexity index is 649. The monoisotopic (exact) mass is 377 g/mol. The Balaban J connectivity index is 2.44. The zero-order valence-electron chi connectivity index (χ0n) is 14.6. The van der Waals surface area contributed by atoms with Crippen LogP contribution in [0.1, 0.15) is 39.0 Å². The summed E-state index contributed by atoms with van der Waals surface area (Å²) in [5.74, 6) is 0. The number of rotatable bonds is 10. The average Bonchev–Trinajstić information content (AvgIpc) is 2.48. The third-order valence-electron chi connectivity index (χ3n) is 3.53. The summed E-state index contributed by atoms with van der Waals surface area (Å²) in [4.78, 5) is 4.28. The Hall–Kier alpha value is -1.03. The fraction of sp³-hybridized carbons (Fsp3) is 0.667. The summed E-state index contributed by atoms with van der Waals surface area (Å²) >= 11 is 0. The summed E-state index contributed by atoms with van der Waals surface area (Å²) in [5, 5.41) is -0.907. The van der Waals surface area contributed by atoms with Gasteiger partial charge in [0.2, 0.25) is 20.0 Å². The molecule has 2 N–H and O–H groups in total. The highest BCUT2D eigenvalue weighted by atomic mass is 32.2. The van der Waals surface area contributed by atoms with Crippen LogP contribution in [-0.4, -0.2) is 45.4 Å². The number of nitrogens with zero attached hydrogens (tertiary/aromatic N) is 1. The van der Waals surface area contributed by atoms with Gasteiger partial charge in [-0.25, -0.2) is 26.3 Å². The average molecular weight is 378 g/mol. The largest absolute Gasteiger partial charge is 0.261 e. The molecule has 1 aromatic rings. The number of aromatic nitrogens is 1. The quantitative estimate of drug-likeness (QED) is 0.628. The van der Waals surface area contributed by atoms with Crippen molar-refractivity contribution in [3.63, 3.8) is 0 Å². The summed E-state index contributed by atoms with van der Waals surface area (Å²) in [5.41, 5.74) is 1.71. The molecular weight excluding hydrogens is 350 g/mol. The molecule has 9 heteroatoms. The summed E-state index contributed by atoms with van der Waals surface area (Å²) in [6, 6.07) is 3.71. The molecule has 0 amide bonds. The second kappa shape index (κ2) is 8.89. The molecule has 1 heterocycles. The van der Waals surface area contributed by atoms with Gasteiger partial charge in [0.15, 0.2) is 0 Å². The summed E-state index contributed by atoms with van der Waals surface area (Å²) in [7, 11) is -6.50. The highest BCUT2D eigenvalue weighted by molar-refractivity contribution is 7.90. The van der Waals surface area contributed by atoms with Gasteiger partial charge >= 0.3 is 0 Å². The predicted molar refractivity (Wildman–Crippen MR) is 95.8 cm³/mol. The fourth-order valence-corrected chi connectivity index (χ4v) is 3.18. The zero-order chi connectivity index (χ0) is 18.4. The number of hydrogen-bond acceptors (Lipinski definition) is 5. The third kappa shape index (κ3) is 6.84. The predicted octanol–water partition coefficient (Wildman–Crippen LogP) is 0.822. The third-order valence-corrected chi connectivity index (χ3v) is 7.22. The van der Waals surface area contributed by atoms with Crippen molar-refractivity contribution in [2.45, 2.75) is 51.0 Å². The van der Waals surface area contributed by atoms with Gasteiger partial charge in [0, 0.05) is 31.4 Å². The van der Waals surface area contributed by atoms with Gasteiger partial charge in [-0.3, -0.25) is 4.98 Å². The first kappa shape index (κ1) is 21.0. The van der Waals surface area contributed by atoms with Gasteiger partial charge in [0.1, 0.15) is 0 Å². The van der Waals surface area contributed by atoms with Crippen LogP contribution in [0, 0.1) is 0 Å². The molecule has 0 bridgehead atoms. The molecule has 0 unspecified atom stereocenters. The van der Waals surface area contributed by atoms with E-state index in [9.17, 15) is 16.8 Å². The van der Waals surface area contributed by atoms with Crippen molar-refractivity contribution in [2.75, 3.05) is 13.1 Å². The van der Waals surface area contributed by atoms with Crippen LogP contribution in [0.15, 0.2) is 18.3 Å². The zero-order valence-corrected chi connectivity index (χ0v) is 16.2. The lowest BCUT2D eigenvalue weighted by Crippen LogP contribution is -2.32. The standard InChI is InChI=1S/C15H27N3O4S2/c1-12(2)23(19,20)17-9-7-14-5-6-15(16-11-14)8-10-18-24(21,22)13(3)4/h5-6,11-13,17-18H,7-10H2,1-4H3. The van der Waals surface area contributed by atoms with E-state index in [1.807, 2.05) is 12.1 Å². The van der Waals surface area contributed by atoms with E-state index in [-0.39, 0.29) is 0 Å². The Morgan fingerprint density at radius 1 is 0.875 bits per heavy atom. The molecule has 7 nitrogen and oxygen atoms in total. The van der Waals surface area contributed by atoms with Crippen LogP contribution in [-0.2, 0) is 32.9 Å². The number of nitrogens with one attached hydrogen (secondary N) is 2. The minimum Gasteiger partial charge on any atom is -0.261 e. The Morgan fingerprint density at radius 2 is 1.38 bits per heavy atom.